The van der Waals surface area contributed by atoms with E-state index in [1.807, 2.05) is 0 Å². The van der Waals surface area contributed by atoms with E-state index in [0.717, 1.165) is 25.0 Å². The van der Waals surface area contributed by atoms with Crippen LogP contribution >= 0.6 is 11.6 Å². The first kappa shape index (κ1) is 18.5. The van der Waals surface area contributed by atoms with E-state index in [2.05, 4.69) is 5.32 Å². The number of rotatable bonds is 6. The summed E-state index contributed by atoms with van der Waals surface area (Å²) in [4.78, 5) is 24.7. The Kier molecular flexibility index (Phi) is 5.39. The molecule has 0 spiro atoms. The van der Waals surface area contributed by atoms with Crippen molar-refractivity contribution in [3.05, 3.63) is 28.8 Å². The molecule has 1 aromatic carbocycles. The van der Waals surface area contributed by atoms with E-state index in [0.29, 0.717) is 0 Å². The largest absolute Gasteiger partial charge is 0.480 e. The predicted octanol–water partition coefficient (Wildman–Crippen LogP) is 3.23. The lowest BCUT2D eigenvalue weighted by molar-refractivity contribution is -0.143. The van der Waals surface area contributed by atoms with E-state index in [9.17, 15) is 22.8 Å². The van der Waals surface area contributed by atoms with Crippen molar-refractivity contribution in [1.82, 2.24) is 4.90 Å². The molecule has 1 amide bonds. The maximum Gasteiger partial charge on any atom is 0.418 e. The van der Waals surface area contributed by atoms with Crippen LogP contribution in [0.15, 0.2) is 18.2 Å². The minimum Gasteiger partial charge on any atom is -0.480 e. The number of nitrogens with one attached hydrogen (secondary N) is 1. The van der Waals surface area contributed by atoms with Gasteiger partial charge in [-0.25, -0.2) is 0 Å². The van der Waals surface area contributed by atoms with E-state index in [1.54, 1.807) is 0 Å². The standard InChI is InChI=1S/C15H16ClF3N2O3/c1-8(14(23)24)21(9-5-6-9)7-12(22)20-13-10(15(17,18)19)3-2-4-11(13)16/h2-4,8-9H,5-7H2,1H3,(H,20,22)(H,23,24). The number of amides is 1. The minimum atomic E-state index is -4.67. The van der Waals surface area contributed by atoms with Gasteiger partial charge in [0.2, 0.25) is 5.91 Å². The Balaban J connectivity index is 2.16. The van der Waals surface area contributed by atoms with Crippen LogP contribution in [-0.4, -0.2) is 40.5 Å². The van der Waals surface area contributed by atoms with Gasteiger partial charge in [0.25, 0.3) is 0 Å². The fraction of sp³-hybridized carbons (Fsp3) is 0.467. The number of anilines is 1. The molecule has 1 aliphatic rings. The molecule has 9 heteroatoms. The molecule has 1 saturated carbocycles. The smallest absolute Gasteiger partial charge is 0.418 e. The maximum absolute atomic E-state index is 13.0. The van der Waals surface area contributed by atoms with Crippen LogP contribution in [0.5, 0.6) is 0 Å². The van der Waals surface area contributed by atoms with Crippen LogP contribution in [0.4, 0.5) is 18.9 Å². The Morgan fingerprint density at radius 2 is 2.04 bits per heavy atom. The second-order valence-corrected chi connectivity index (χ2v) is 6.03. The number of hydrogen-bond acceptors (Lipinski definition) is 3. The third kappa shape index (κ3) is 4.39. The number of carbonyl (C=O) groups excluding carboxylic acids is 1. The number of benzene rings is 1. The summed E-state index contributed by atoms with van der Waals surface area (Å²) in [5.74, 6) is -1.84. The predicted molar refractivity (Wildman–Crippen MR) is 81.9 cm³/mol. The van der Waals surface area contributed by atoms with Crippen molar-refractivity contribution >= 4 is 29.2 Å². The van der Waals surface area contributed by atoms with E-state index >= 15 is 0 Å². The molecule has 24 heavy (non-hydrogen) atoms. The summed E-state index contributed by atoms with van der Waals surface area (Å²) in [6.45, 7) is 1.12. The first-order chi connectivity index (χ1) is 11.1. The van der Waals surface area contributed by atoms with Crippen LogP contribution in [0.3, 0.4) is 0 Å². The average molecular weight is 365 g/mol. The van der Waals surface area contributed by atoms with E-state index in [4.69, 9.17) is 16.7 Å². The van der Waals surface area contributed by atoms with E-state index in [-0.39, 0.29) is 17.6 Å². The number of halogens is 4. The van der Waals surface area contributed by atoms with Gasteiger partial charge in [-0.05, 0) is 31.9 Å². The molecule has 5 nitrogen and oxygen atoms in total. The summed E-state index contributed by atoms with van der Waals surface area (Å²) in [5.41, 5.74) is -1.57. The van der Waals surface area contributed by atoms with Gasteiger partial charge in [-0.15, -0.1) is 0 Å². The molecule has 0 saturated heterocycles. The molecule has 1 aliphatic carbocycles. The first-order valence-electron chi connectivity index (χ1n) is 7.25. The highest BCUT2D eigenvalue weighted by atomic mass is 35.5. The molecule has 2 rings (SSSR count). The van der Waals surface area contributed by atoms with Crippen molar-refractivity contribution < 1.29 is 27.9 Å². The zero-order chi connectivity index (χ0) is 18.1. The lowest BCUT2D eigenvalue weighted by atomic mass is 10.1. The number of carbonyl (C=O) groups is 2. The van der Waals surface area contributed by atoms with Gasteiger partial charge in [0.1, 0.15) is 6.04 Å². The highest BCUT2D eigenvalue weighted by molar-refractivity contribution is 6.34. The monoisotopic (exact) mass is 364 g/mol. The van der Waals surface area contributed by atoms with Crippen LogP contribution in [0.25, 0.3) is 0 Å². The first-order valence-corrected chi connectivity index (χ1v) is 7.63. The SMILES string of the molecule is CC(C(=O)O)N(CC(=O)Nc1c(Cl)cccc1C(F)(F)F)C1CC1. The van der Waals surface area contributed by atoms with Gasteiger partial charge in [0.15, 0.2) is 0 Å². The molecule has 0 radical (unpaired) electrons. The van der Waals surface area contributed by atoms with Gasteiger partial charge in [-0.1, -0.05) is 17.7 Å². The quantitative estimate of drug-likeness (QED) is 0.813. The Hall–Kier alpha value is -1.80. The van der Waals surface area contributed by atoms with Crippen LogP contribution in [0.1, 0.15) is 25.3 Å². The van der Waals surface area contributed by atoms with Crippen LogP contribution in [0.2, 0.25) is 5.02 Å². The zero-order valence-electron chi connectivity index (χ0n) is 12.7. The number of para-hydroxylation sites is 1. The van der Waals surface area contributed by atoms with Crippen LogP contribution in [-0.2, 0) is 15.8 Å². The molecule has 1 atom stereocenters. The van der Waals surface area contributed by atoms with Gasteiger partial charge >= 0.3 is 12.1 Å². The molecule has 0 heterocycles. The molecule has 0 aromatic heterocycles. The summed E-state index contributed by atoms with van der Waals surface area (Å²) in [6, 6.07) is 2.25. The average Bonchev–Trinajstić information content (AvgIpc) is 3.29. The molecule has 2 N–H and O–H groups in total. The van der Waals surface area contributed by atoms with Crippen molar-refractivity contribution in [2.75, 3.05) is 11.9 Å². The van der Waals surface area contributed by atoms with Crippen LogP contribution in [0, 0.1) is 0 Å². The summed E-state index contributed by atoms with van der Waals surface area (Å²) in [5, 5.41) is 11.0. The minimum absolute atomic E-state index is 0.0461. The second kappa shape index (κ2) is 6.98. The highest BCUT2D eigenvalue weighted by Crippen LogP contribution is 2.38. The van der Waals surface area contributed by atoms with Gasteiger partial charge in [-0.2, -0.15) is 13.2 Å². The Morgan fingerprint density at radius 1 is 1.42 bits per heavy atom. The molecule has 132 valence electrons. The number of alkyl halides is 3. The summed E-state index contributed by atoms with van der Waals surface area (Å²) in [7, 11) is 0. The van der Waals surface area contributed by atoms with Crippen molar-refractivity contribution in [3.8, 4) is 0 Å². The zero-order valence-corrected chi connectivity index (χ0v) is 13.5. The second-order valence-electron chi connectivity index (χ2n) is 5.63. The fourth-order valence-electron chi connectivity index (χ4n) is 2.36. The highest BCUT2D eigenvalue weighted by Gasteiger charge is 2.37. The molecule has 1 aromatic rings. The lowest BCUT2D eigenvalue weighted by Crippen LogP contribution is -2.45. The molecular weight excluding hydrogens is 349 g/mol. The molecule has 1 fully saturated rings. The van der Waals surface area contributed by atoms with Gasteiger partial charge < -0.3 is 10.4 Å². The molecule has 0 aliphatic heterocycles. The number of nitrogens with zero attached hydrogens (tertiary/aromatic N) is 1. The van der Waals surface area contributed by atoms with E-state index in [1.165, 1.54) is 17.9 Å². The number of hydrogen-bond donors (Lipinski definition) is 2. The maximum atomic E-state index is 13.0. The summed E-state index contributed by atoms with van der Waals surface area (Å²) in [6.07, 6.45) is -3.16. The van der Waals surface area contributed by atoms with Crippen molar-refractivity contribution in [1.29, 1.82) is 0 Å². The van der Waals surface area contributed by atoms with Crippen molar-refractivity contribution in [3.63, 3.8) is 0 Å². The van der Waals surface area contributed by atoms with E-state index < -0.39 is 35.3 Å². The third-order valence-corrected chi connectivity index (χ3v) is 4.10. The third-order valence-electron chi connectivity index (χ3n) is 3.78. The molecule has 1 unspecified atom stereocenters. The number of aliphatic carboxylic acids is 1. The van der Waals surface area contributed by atoms with Crippen molar-refractivity contribution in [2.45, 2.75) is 38.0 Å². The fourth-order valence-corrected chi connectivity index (χ4v) is 2.58. The Labute approximate surface area is 141 Å². The topological polar surface area (TPSA) is 69.6 Å². The summed E-state index contributed by atoms with van der Waals surface area (Å²) < 4.78 is 39.0. The van der Waals surface area contributed by atoms with Gasteiger partial charge in [-0.3, -0.25) is 14.5 Å². The van der Waals surface area contributed by atoms with Gasteiger partial charge in [0, 0.05) is 6.04 Å². The summed E-state index contributed by atoms with van der Waals surface area (Å²) >= 11 is 5.78. The van der Waals surface area contributed by atoms with Crippen molar-refractivity contribution in [2.24, 2.45) is 0 Å². The molecule has 0 bridgehead atoms. The van der Waals surface area contributed by atoms with Crippen LogP contribution < -0.4 is 5.32 Å². The number of carboxylic acids is 1. The number of carboxylic acid groups (broad SMARTS) is 1. The Morgan fingerprint density at radius 3 is 2.54 bits per heavy atom. The van der Waals surface area contributed by atoms with Gasteiger partial charge in [0.05, 0.1) is 22.8 Å². The molecular formula is C15H16ClF3N2O3. The Bertz CT molecular complexity index is 647. The lowest BCUT2D eigenvalue weighted by Gasteiger charge is -2.25. The normalized spacial score (nSPS) is 16.1.